The molecule has 0 atom stereocenters. The molecule has 2 aromatic carbocycles. The molecule has 1 N–H and O–H groups in total. The van der Waals surface area contributed by atoms with E-state index in [4.69, 9.17) is 21.1 Å². The van der Waals surface area contributed by atoms with Crippen molar-refractivity contribution in [2.75, 3.05) is 43.6 Å². The van der Waals surface area contributed by atoms with E-state index in [0.717, 1.165) is 24.5 Å². The Morgan fingerprint density at radius 2 is 1.88 bits per heavy atom. The number of anilines is 2. The smallest absolute Gasteiger partial charge is 0.255 e. The maximum atomic E-state index is 12.5. The van der Waals surface area contributed by atoms with Crippen LogP contribution in [0.15, 0.2) is 42.5 Å². The van der Waals surface area contributed by atoms with Gasteiger partial charge in [-0.15, -0.1) is 0 Å². The summed E-state index contributed by atoms with van der Waals surface area (Å²) < 4.78 is 10.5. The van der Waals surface area contributed by atoms with E-state index >= 15 is 0 Å². The number of nitrogens with zero attached hydrogens (tertiary/aromatic N) is 1. The Hall–Kier alpha value is -2.24. The second-order valence-electron chi connectivity index (χ2n) is 5.44. The molecule has 1 saturated heterocycles. The predicted octanol–water partition coefficient (Wildman–Crippen LogP) is 3.44. The van der Waals surface area contributed by atoms with Crippen molar-refractivity contribution in [1.29, 1.82) is 0 Å². The summed E-state index contributed by atoms with van der Waals surface area (Å²) in [6.07, 6.45) is 0. The summed E-state index contributed by atoms with van der Waals surface area (Å²) in [5, 5.41) is 3.61. The van der Waals surface area contributed by atoms with Crippen LogP contribution in [0.2, 0.25) is 5.02 Å². The first kappa shape index (κ1) is 16.6. The summed E-state index contributed by atoms with van der Waals surface area (Å²) in [4.78, 5) is 14.7. The molecule has 0 aliphatic carbocycles. The molecular weight excluding hydrogens is 328 g/mol. The minimum absolute atomic E-state index is 0.172. The number of amides is 1. The van der Waals surface area contributed by atoms with E-state index in [9.17, 15) is 4.79 Å². The monoisotopic (exact) mass is 346 g/mol. The number of nitrogens with one attached hydrogen (secondary N) is 1. The number of benzene rings is 2. The van der Waals surface area contributed by atoms with E-state index in [0.29, 0.717) is 29.5 Å². The predicted molar refractivity (Wildman–Crippen MR) is 95.4 cm³/mol. The molecule has 1 aliphatic rings. The van der Waals surface area contributed by atoms with Gasteiger partial charge >= 0.3 is 0 Å². The lowest BCUT2D eigenvalue weighted by molar-refractivity contribution is 0.102. The Morgan fingerprint density at radius 1 is 1.17 bits per heavy atom. The van der Waals surface area contributed by atoms with Crippen molar-refractivity contribution >= 4 is 28.9 Å². The van der Waals surface area contributed by atoms with Gasteiger partial charge in [-0.1, -0.05) is 11.6 Å². The minimum atomic E-state index is -0.172. The zero-order valence-corrected chi connectivity index (χ0v) is 14.2. The van der Waals surface area contributed by atoms with E-state index < -0.39 is 0 Å². The third kappa shape index (κ3) is 3.80. The lowest BCUT2D eigenvalue weighted by atomic mass is 10.1. The largest absolute Gasteiger partial charge is 0.497 e. The van der Waals surface area contributed by atoms with Gasteiger partial charge in [0.15, 0.2) is 0 Å². The highest BCUT2D eigenvalue weighted by molar-refractivity contribution is 6.31. The molecule has 0 saturated carbocycles. The lowest BCUT2D eigenvalue weighted by Crippen LogP contribution is -2.36. The number of methoxy groups -OCH3 is 1. The SMILES string of the molecule is COc1ccc(C(=O)Nc2ccc(Cl)cc2N2CCOCC2)cc1. The molecule has 1 heterocycles. The Bertz CT molecular complexity index is 713. The molecule has 0 bridgehead atoms. The number of hydrogen-bond donors (Lipinski definition) is 1. The van der Waals surface area contributed by atoms with Crippen LogP contribution in [0.5, 0.6) is 5.75 Å². The van der Waals surface area contributed by atoms with Crippen LogP contribution in [0, 0.1) is 0 Å². The number of hydrogen-bond acceptors (Lipinski definition) is 4. The van der Waals surface area contributed by atoms with Crippen molar-refractivity contribution in [3.05, 3.63) is 53.1 Å². The van der Waals surface area contributed by atoms with Gasteiger partial charge in [0.2, 0.25) is 0 Å². The average molecular weight is 347 g/mol. The van der Waals surface area contributed by atoms with Gasteiger partial charge in [-0.25, -0.2) is 0 Å². The number of ether oxygens (including phenoxy) is 2. The van der Waals surface area contributed by atoms with Crippen LogP contribution in [-0.2, 0) is 4.74 Å². The van der Waals surface area contributed by atoms with Crippen molar-refractivity contribution in [1.82, 2.24) is 0 Å². The first-order chi connectivity index (χ1) is 11.7. The summed E-state index contributed by atoms with van der Waals surface area (Å²) in [7, 11) is 1.59. The number of carbonyl (C=O) groups is 1. The normalized spacial score (nSPS) is 14.3. The third-order valence-electron chi connectivity index (χ3n) is 3.91. The fourth-order valence-electron chi connectivity index (χ4n) is 2.61. The standard InChI is InChI=1S/C18H19ClN2O3/c1-23-15-5-2-13(3-6-15)18(22)20-16-7-4-14(19)12-17(16)21-8-10-24-11-9-21/h2-7,12H,8-11H2,1H3,(H,20,22). The van der Waals surface area contributed by atoms with Gasteiger partial charge in [0.05, 0.1) is 31.7 Å². The lowest BCUT2D eigenvalue weighted by Gasteiger charge is -2.30. The molecule has 24 heavy (non-hydrogen) atoms. The Labute approximate surface area is 146 Å². The van der Waals surface area contributed by atoms with Crippen molar-refractivity contribution in [3.63, 3.8) is 0 Å². The maximum absolute atomic E-state index is 12.5. The van der Waals surface area contributed by atoms with Crippen LogP contribution in [0.4, 0.5) is 11.4 Å². The van der Waals surface area contributed by atoms with Gasteiger partial charge in [-0.05, 0) is 42.5 Å². The van der Waals surface area contributed by atoms with E-state index in [1.54, 1.807) is 37.4 Å². The minimum Gasteiger partial charge on any atom is -0.497 e. The molecule has 3 rings (SSSR count). The van der Waals surface area contributed by atoms with Crippen molar-refractivity contribution in [3.8, 4) is 5.75 Å². The summed E-state index contributed by atoms with van der Waals surface area (Å²) in [5.74, 6) is 0.543. The van der Waals surface area contributed by atoms with Crippen LogP contribution in [0.25, 0.3) is 0 Å². The Morgan fingerprint density at radius 3 is 2.54 bits per heavy atom. The van der Waals surface area contributed by atoms with Crippen molar-refractivity contribution in [2.45, 2.75) is 0 Å². The van der Waals surface area contributed by atoms with Crippen molar-refractivity contribution < 1.29 is 14.3 Å². The second-order valence-corrected chi connectivity index (χ2v) is 5.88. The van der Waals surface area contributed by atoms with E-state index in [2.05, 4.69) is 10.2 Å². The quantitative estimate of drug-likeness (QED) is 0.921. The molecule has 126 valence electrons. The molecule has 5 nitrogen and oxygen atoms in total. The summed E-state index contributed by atoms with van der Waals surface area (Å²) in [5.41, 5.74) is 2.22. The zero-order chi connectivity index (χ0) is 16.9. The third-order valence-corrected chi connectivity index (χ3v) is 4.15. The molecular formula is C18H19ClN2O3. The van der Waals surface area contributed by atoms with E-state index in [1.807, 2.05) is 12.1 Å². The second kappa shape index (κ2) is 7.55. The van der Waals surface area contributed by atoms with Gasteiger partial charge in [0.25, 0.3) is 5.91 Å². The van der Waals surface area contributed by atoms with E-state index in [-0.39, 0.29) is 5.91 Å². The number of halogens is 1. The van der Waals surface area contributed by atoms with Crippen molar-refractivity contribution in [2.24, 2.45) is 0 Å². The molecule has 0 spiro atoms. The fourth-order valence-corrected chi connectivity index (χ4v) is 2.78. The highest BCUT2D eigenvalue weighted by atomic mass is 35.5. The molecule has 1 fully saturated rings. The van der Waals surface area contributed by atoms with Crippen LogP contribution in [0.3, 0.4) is 0 Å². The van der Waals surface area contributed by atoms with Crippen LogP contribution in [0.1, 0.15) is 10.4 Å². The first-order valence-electron chi connectivity index (χ1n) is 7.75. The molecule has 0 radical (unpaired) electrons. The van der Waals surface area contributed by atoms with Crippen LogP contribution >= 0.6 is 11.6 Å². The van der Waals surface area contributed by atoms with Gasteiger partial charge in [0, 0.05) is 23.7 Å². The highest BCUT2D eigenvalue weighted by Crippen LogP contribution is 2.30. The van der Waals surface area contributed by atoms with Crippen LogP contribution in [-0.4, -0.2) is 39.3 Å². The number of morpholine rings is 1. The summed E-state index contributed by atoms with van der Waals surface area (Å²) >= 11 is 6.14. The molecule has 1 aliphatic heterocycles. The first-order valence-corrected chi connectivity index (χ1v) is 8.13. The highest BCUT2D eigenvalue weighted by Gasteiger charge is 2.17. The molecule has 0 unspecified atom stereocenters. The Kier molecular flexibility index (Phi) is 5.23. The van der Waals surface area contributed by atoms with Gasteiger partial charge in [-0.2, -0.15) is 0 Å². The van der Waals surface area contributed by atoms with Crippen LogP contribution < -0.4 is 15.0 Å². The maximum Gasteiger partial charge on any atom is 0.255 e. The van der Waals surface area contributed by atoms with Gasteiger partial charge in [-0.3, -0.25) is 4.79 Å². The van der Waals surface area contributed by atoms with E-state index in [1.165, 1.54) is 0 Å². The Balaban J connectivity index is 1.81. The summed E-state index contributed by atoms with van der Waals surface area (Å²) in [6, 6.07) is 12.5. The topological polar surface area (TPSA) is 50.8 Å². The fraction of sp³-hybridized carbons (Fsp3) is 0.278. The molecule has 1 amide bonds. The summed E-state index contributed by atoms with van der Waals surface area (Å²) in [6.45, 7) is 2.87. The van der Waals surface area contributed by atoms with Gasteiger partial charge < -0.3 is 19.7 Å². The molecule has 2 aromatic rings. The zero-order valence-electron chi connectivity index (χ0n) is 13.4. The van der Waals surface area contributed by atoms with Gasteiger partial charge in [0.1, 0.15) is 5.75 Å². The molecule has 6 heteroatoms. The molecule has 0 aromatic heterocycles. The number of carbonyl (C=O) groups excluding carboxylic acids is 1. The average Bonchev–Trinajstić information content (AvgIpc) is 2.64. The number of rotatable bonds is 4.